The third kappa shape index (κ3) is 5.87. The number of ether oxygens (including phenoxy) is 1. The Morgan fingerprint density at radius 1 is 1.38 bits per heavy atom. The van der Waals surface area contributed by atoms with E-state index in [0.29, 0.717) is 6.61 Å². The zero-order chi connectivity index (χ0) is 16.0. The van der Waals surface area contributed by atoms with E-state index in [9.17, 15) is 12.8 Å². The molecule has 1 aromatic rings. The van der Waals surface area contributed by atoms with E-state index in [1.807, 2.05) is 19.0 Å². The largest absolute Gasteiger partial charge is 0.399 e. The van der Waals surface area contributed by atoms with Crippen LogP contribution in [0.25, 0.3) is 0 Å². The van der Waals surface area contributed by atoms with Gasteiger partial charge in [0.15, 0.2) is 5.82 Å². The summed E-state index contributed by atoms with van der Waals surface area (Å²) in [7, 11) is -0.146. The van der Waals surface area contributed by atoms with Crippen LogP contribution in [0.3, 0.4) is 0 Å². The molecular formula is C12H19BrFN3O3S. The van der Waals surface area contributed by atoms with Crippen LogP contribution >= 0.6 is 15.9 Å². The van der Waals surface area contributed by atoms with E-state index in [4.69, 9.17) is 10.5 Å². The molecule has 0 aliphatic heterocycles. The number of halogens is 2. The minimum absolute atomic E-state index is 0.00473. The molecule has 6 nitrogen and oxygen atoms in total. The van der Waals surface area contributed by atoms with Gasteiger partial charge in [0.25, 0.3) is 0 Å². The van der Waals surface area contributed by atoms with Crippen molar-refractivity contribution in [3.05, 3.63) is 22.4 Å². The van der Waals surface area contributed by atoms with Crippen LogP contribution in [0.15, 0.2) is 21.5 Å². The molecule has 0 spiro atoms. The lowest BCUT2D eigenvalue weighted by Crippen LogP contribution is -2.29. The summed E-state index contributed by atoms with van der Waals surface area (Å²) in [5.74, 6) is -0.870. The summed E-state index contributed by atoms with van der Waals surface area (Å²) >= 11 is 2.93. The minimum Gasteiger partial charge on any atom is -0.399 e. The van der Waals surface area contributed by atoms with Crippen LogP contribution in [0.1, 0.15) is 0 Å². The van der Waals surface area contributed by atoms with Gasteiger partial charge in [0.2, 0.25) is 10.0 Å². The fourth-order valence-corrected chi connectivity index (χ4v) is 3.21. The molecule has 3 N–H and O–H groups in total. The van der Waals surface area contributed by atoms with Crippen molar-refractivity contribution in [2.75, 3.05) is 46.1 Å². The molecule has 0 saturated carbocycles. The Labute approximate surface area is 132 Å². The second kappa shape index (κ2) is 8.04. The topological polar surface area (TPSA) is 84.7 Å². The number of benzene rings is 1. The van der Waals surface area contributed by atoms with E-state index in [0.717, 1.165) is 12.6 Å². The average molecular weight is 384 g/mol. The predicted octanol–water partition coefficient (Wildman–Crippen LogP) is 1.03. The molecule has 0 aliphatic carbocycles. The van der Waals surface area contributed by atoms with Gasteiger partial charge in [0, 0.05) is 18.8 Å². The number of nitrogens with one attached hydrogen (secondary N) is 1. The summed E-state index contributed by atoms with van der Waals surface area (Å²) in [5, 5.41) is 0. The van der Waals surface area contributed by atoms with Crippen molar-refractivity contribution in [2.24, 2.45) is 0 Å². The first-order valence-electron chi connectivity index (χ1n) is 6.20. The summed E-state index contributed by atoms with van der Waals surface area (Å²) in [5.41, 5.74) is 5.69. The molecule has 0 atom stereocenters. The molecule has 9 heteroatoms. The number of likely N-dealkylation sites (N-methyl/N-ethyl adjacent to an activating group) is 1. The predicted molar refractivity (Wildman–Crippen MR) is 83.1 cm³/mol. The third-order valence-corrected chi connectivity index (χ3v) is 4.57. The summed E-state index contributed by atoms with van der Waals surface area (Å²) in [6.07, 6.45) is 0. The Morgan fingerprint density at radius 3 is 2.67 bits per heavy atom. The van der Waals surface area contributed by atoms with Crippen LogP contribution in [0.2, 0.25) is 0 Å². The average Bonchev–Trinajstić information content (AvgIpc) is 2.37. The monoisotopic (exact) mass is 383 g/mol. The van der Waals surface area contributed by atoms with E-state index in [-0.39, 0.29) is 23.3 Å². The lowest BCUT2D eigenvalue weighted by Gasteiger charge is -2.11. The fourth-order valence-electron chi connectivity index (χ4n) is 1.45. The zero-order valence-electron chi connectivity index (χ0n) is 11.9. The van der Waals surface area contributed by atoms with Crippen LogP contribution < -0.4 is 10.5 Å². The molecule has 0 amide bonds. The number of nitrogens with zero attached hydrogens (tertiary/aromatic N) is 1. The first-order chi connectivity index (χ1) is 9.74. The molecule has 0 fully saturated rings. The molecule has 1 rings (SSSR count). The quantitative estimate of drug-likeness (QED) is 0.517. The smallest absolute Gasteiger partial charge is 0.243 e. The van der Waals surface area contributed by atoms with Crippen LogP contribution in [-0.2, 0) is 14.8 Å². The van der Waals surface area contributed by atoms with Gasteiger partial charge in [-0.1, -0.05) is 0 Å². The Morgan fingerprint density at radius 2 is 2.05 bits per heavy atom. The highest BCUT2D eigenvalue weighted by atomic mass is 79.9. The van der Waals surface area contributed by atoms with Gasteiger partial charge in [-0.3, -0.25) is 0 Å². The highest BCUT2D eigenvalue weighted by Crippen LogP contribution is 2.25. The SMILES string of the molecule is CN(C)CCOCCNS(=O)(=O)c1cc(N)cc(Br)c1F. The lowest BCUT2D eigenvalue weighted by atomic mass is 10.3. The first kappa shape index (κ1) is 18.3. The van der Waals surface area contributed by atoms with Crippen molar-refractivity contribution in [3.63, 3.8) is 0 Å². The van der Waals surface area contributed by atoms with E-state index in [1.54, 1.807) is 0 Å². The van der Waals surface area contributed by atoms with Crippen molar-refractivity contribution in [2.45, 2.75) is 4.90 Å². The van der Waals surface area contributed by atoms with Crippen molar-refractivity contribution in [3.8, 4) is 0 Å². The molecular weight excluding hydrogens is 365 g/mol. The zero-order valence-corrected chi connectivity index (χ0v) is 14.3. The van der Waals surface area contributed by atoms with Gasteiger partial charge in [0.1, 0.15) is 4.90 Å². The highest BCUT2D eigenvalue weighted by Gasteiger charge is 2.21. The fraction of sp³-hybridized carbons (Fsp3) is 0.500. The maximum atomic E-state index is 13.8. The molecule has 0 heterocycles. The second-order valence-corrected chi connectivity index (χ2v) is 7.22. The molecule has 0 unspecified atom stereocenters. The van der Waals surface area contributed by atoms with E-state index in [1.165, 1.54) is 6.07 Å². The van der Waals surface area contributed by atoms with E-state index >= 15 is 0 Å². The molecule has 0 radical (unpaired) electrons. The Bertz CT molecular complexity index is 581. The normalized spacial score (nSPS) is 12.0. The van der Waals surface area contributed by atoms with Gasteiger partial charge in [-0.25, -0.2) is 17.5 Å². The van der Waals surface area contributed by atoms with Crippen molar-refractivity contribution in [1.82, 2.24) is 9.62 Å². The molecule has 21 heavy (non-hydrogen) atoms. The molecule has 0 aromatic heterocycles. The van der Waals surface area contributed by atoms with Gasteiger partial charge in [0.05, 0.1) is 17.7 Å². The van der Waals surface area contributed by atoms with Crippen LogP contribution in [0.5, 0.6) is 0 Å². The molecule has 1 aromatic carbocycles. The number of rotatable bonds is 8. The molecule has 0 bridgehead atoms. The van der Waals surface area contributed by atoms with Crippen LogP contribution in [0, 0.1) is 5.82 Å². The highest BCUT2D eigenvalue weighted by molar-refractivity contribution is 9.10. The second-order valence-electron chi connectivity index (χ2n) is 4.63. The van der Waals surface area contributed by atoms with Gasteiger partial charge in [-0.15, -0.1) is 0 Å². The summed E-state index contributed by atoms with van der Waals surface area (Å²) < 4.78 is 45.4. The maximum absolute atomic E-state index is 13.8. The Hall–Kier alpha value is -0.740. The van der Waals surface area contributed by atoms with Crippen molar-refractivity contribution in [1.29, 1.82) is 0 Å². The Balaban J connectivity index is 2.59. The van der Waals surface area contributed by atoms with Crippen LogP contribution in [-0.4, -0.2) is 53.7 Å². The first-order valence-corrected chi connectivity index (χ1v) is 8.48. The van der Waals surface area contributed by atoms with Crippen molar-refractivity contribution < 1.29 is 17.5 Å². The maximum Gasteiger partial charge on any atom is 0.243 e. The van der Waals surface area contributed by atoms with Crippen LogP contribution in [0.4, 0.5) is 10.1 Å². The third-order valence-electron chi connectivity index (χ3n) is 2.53. The number of nitrogens with two attached hydrogens (primary N) is 1. The number of hydrogen-bond acceptors (Lipinski definition) is 5. The van der Waals surface area contributed by atoms with Gasteiger partial charge in [-0.05, 0) is 42.2 Å². The number of nitrogen functional groups attached to an aromatic ring is 1. The van der Waals surface area contributed by atoms with Crippen molar-refractivity contribution >= 4 is 31.6 Å². The summed E-state index contributed by atoms with van der Waals surface area (Å²) in [6.45, 7) is 1.50. The molecule has 0 aliphatic rings. The number of sulfonamides is 1. The van der Waals surface area contributed by atoms with Gasteiger partial charge < -0.3 is 15.4 Å². The summed E-state index contributed by atoms with van der Waals surface area (Å²) in [6, 6.07) is 2.38. The van der Waals surface area contributed by atoms with Gasteiger partial charge in [-0.2, -0.15) is 0 Å². The number of anilines is 1. The molecule has 120 valence electrons. The summed E-state index contributed by atoms with van der Waals surface area (Å²) in [4.78, 5) is 1.46. The van der Waals surface area contributed by atoms with E-state index in [2.05, 4.69) is 20.7 Å². The lowest BCUT2D eigenvalue weighted by molar-refractivity contribution is 0.122. The minimum atomic E-state index is -3.96. The van der Waals surface area contributed by atoms with E-state index < -0.39 is 20.7 Å². The molecule has 0 saturated heterocycles. The Kier molecular flexibility index (Phi) is 7.01. The standard InChI is InChI=1S/C12H19BrFN3O3S/c1-17(2)4-6-20-5-3-16-21(18,19)11-8-9(15)7-10(13)12(11)14/h7-8,16H,3-6,15H2,1-2H3. The number of hydrogen-bond donors (Lipinski definition) is 2. The van der Waals surface area contributed by atoms with Gasteiger partial charge >= 0.3 is 0 Å².